The summed E-state index contributed by atoms with van der Waals surface area (Å²) in [7, 11) is 0. The highest BCUT2D eigenvalue weighted by atomic mass is 16.6. The number of carbonyl (C=O) groups is 2. The van der Waals surface area contributed by atoms with Gasteiger partial charge in [-0.3, -0.25) is 4.79 Å². The van der Waals surface area contributed by atoms with E-state index in [2.05, 4.69) is 35.2 Å². The minimum absolute atomic E-state index is 0.111. The zero-order valence-electron chi connectivity index (χ0n) is 24.2. The average Bonchev–Trinajstić information content (AvgIpc) is 3.22. The predicted molar refractivity (Wildman–Crippen MR) is 160 cm³/mol. The first-order chi connectivity index (χ1) is 20.9. The van der Waals surface area contributed by atoms with Gasteiger partial charge in [0.25, 0.3) is 0 Å². The maximum absolute atomic E-state index is 12.2. The number of ether oxygens (including phenoxy) is 1. The zero-order valence-corrected chi connectivity index (χ0v) is 24.2. The Morgan fingerprint density at radius 1 is 0.977 bits per heavy atom. The van der Waals surface area contributed by atoms with E-state index in [1.165, 1.54) is 11.0 Å². The topological polar surface area (TPSA) is 175 Å². The van der Waals surface area contributed by atoms with Crippen LogP contribution in [0.2, 0.25) is 0 Å². The Kier molecular flexibility index (Phi) is 9.35. The minimum atomic E-state index is -0.246. The standard InChI is InChI=1S/C28H36N12O3/c1-2-18-43-28(42)39-16-12-36(13-17-39)22-6-4-21(5-7-22)33-27-34-26(30)40(35-27)24-19-23(31-20-32-24)37-10-3-11-38(15-14-37)25(41)8-9-29/h4-7,19-20H,2-3,8,10-18H2,1H3,(H3,30,33,34,35). The third kappa shape index (κ3) is 7.21. The van der Waals surface area contributed by atoms with Crippen molar-refractivity contribution in [3.05, 3.63) is 36.7 Å². The maximum Gasteiger partial charge on any atom is 0.409 e. The zero-order chi connectivity index (χ0) is 30.2. The summed E-state index contributed by atoms with van der Waals surface area (Å²) in [4.78, 5) is 45.2. The highest BCUT2D eigenvalue weighted by Gasteiger charge is 2.23. The number of nitriles is 1. The molecule has 2 aromatic heterocycles. The normalized spacial score (nSPS) is 15.5. The Morgan fingerprint density at radius 3 is 2.44 bits per heavy atom. The van der Waals surface area contributed by atoms with E-state index < -0.39 is 0 Å². The van der Waals surface area contributed by atoms with Crippen LogP contribution >= 0.6 is 0 Å². The van der Waals surface area contributed by atoms with Crippen LogP contribution < -0.4 is 20.9 Å². The van der Waals surface area contributed by atoms with Crippen LogP contribution in [0.1, 0.15) is 26.2 Å². The molecule has 2 saturated heterocycles. The number of nitrogens with zero attached hydrogens (tertiary/aromatic N) is 10. The van der Waals surface area contributed by atoms with Crippen molar-refractivity contribution in [3.63, 3.8) is 0 Å². The van der Waals surface area contributed by atoms with Crippen LogP contribution in [0.4, 0.5) is 33.9 Å². The van der Waals surface area contributed by atoms with Crippen LogP contribution in [0.25, 0.3) is 5.82 Å². The SMILES string of the molecule is CCCOC(=O)N1CCN(c2ccc(Nc3nc(N)n(-c4cc(N5CCCN(C(=O)CC#N)CC5)ncn4)n3)cc2)CC1. The van der Waals surface area contributed by atoms with Gasteiger partial charge in [0.15, 0.2) is 5.82 Å². The highest BCUT2D eigenvalue weighted by molar-refractivity contribution is 5.78. The van der Waals surface area contributed by atoms with Crippen molar-refractivity contribution in [3.8, 4) is 11.9 Å². The molecule has 0 unspecified atom stereocenters. The van der Waals surface area contributed by atoms with Gasteiger partial charge in [-0.1, -0.05) is 6.92 Å². The van der Waals surface area contributed by atoms with Crippen molar-refractivity contribution >= 4 is 41.1 Å². The molecule has 2 fully saturated rings. The number of carbonyl (C=O) groups excluding carboxylic acids is 2. The van der Waals surface area contributed by atoms with E-state index in [4.69, 9.17) is 15.7 Å². The summed E-state index contributed by atoms with van der Waals surface area (Å²) < 4.78 is 6.70. The number of rotatable bonds is 8. The van der Waals surface area contributed by atoms with Crippen molar-refractivity contribution in [1.29, 1.82) is 5.26 Å². The fourth-order valence-corrected chi connectivity index (χ4v) is 5.06. The van der Waals surface area contributed by atoms with Crippen molar-refractivity contribution in [2.24, 2.45) is 0 Å². The molecule has 3 aromatic rings. The van der Waals surface area contributed by atoms with E-state index in [-0.39, 0.29) is 24.4 Å². The van der Waals surface area contributed by atoms with Crippen molar-refractivity contribution in [2.75, 3.05) is 79.8 Å². The Morgan fingerprint density at radius 2 is 1.70 bits per heavy atom. The van der Waals surface area contributed by atoms with Crippen LogP contribution in [0.15, 0.2) is 36.7 Å². The van der Waals surface area contributed by atoms with E-state index in [9.17, 15) is 9.59 Å². The molecule has 0 bridgehead atoms. The van der Waals surface area contributed by atoms with Gasteiger partial charge >= 0.3 is 6.09 Å². The number of amides is 2. The lowest BCUT2D eigenvalue weighted by molar-refractivity contribution is -0.129. The Bertz CT molecular complexity index is 1450. The molecule has 226 valence electrons. The molecule has 2 aliphatic rings. The molecule has 0 atom stereocenters. The molecule has 4 heterocycles. The fraction of sp³-hybridized carbons (Fsp3) is 0.464. The fourth-order valence-electron chi connectivity index (χ4n) is 5.06. The smallest absolute Gasteiger partial charge is 0.409 e. The number of anilines is 5. The molecule has 15 nitrogen and oxygen atoms in total. The summed E-state index contributed by atoms with van der Waals surface area (Å²) in [6.07, 6.45) is 2.67. The lowest BCUT2D eigenvalue weighted by Gasteiger charge is -2.35. The molecule has 0 aliphatic carbocycles. The number of nitrogens with one attached hydrogen (secondary N) is 1. The number of piperazine rings is 1. The molecule has 43 heavy (non-hydrogen) atoms. The van der Waals surface area contributed by atoms with Gasteiger partial charge in [-0.25, -0.2) is 14.8 Å². The van der Waals surface area contributed by atoms with Gasteiger partial charge < -0.3 is 35.4 Å². The summed E-state index contributed by atoms with van der Waals surface area (Å²) in [6, 6.07) is 11.6. The molecule has 3 N–H and O–H groups in total. The van der Waals surface area contributed by atoms with Crippen molar-refractivity contribution in [1.82, 2.24) is 34.5 Å². The maximum atomic E-state index is 12.2. The summed E-state index contributed by atoms with van der Waals surface area (Å²) in [6.45, 7) is 7.53. The summed E-state index contributed by atoms with van der Waals surface area (Å²) in [5, 5.41) is 16.6. The van der Waals surface area contributed by atoms with Crippen LogP contribution in [0.3, 0.4) is 0 Å². The first-order valence-corrected chi connectivity index (χ1v) is 14.4. The lowest BCUT2D eigenvalue weighted by Crippen LogP contribution is -2.49. The van der Waals surface area contributed by atoms with Gasteiger partial charge in [0.2, 0.25) is 17.8 Å². The van der Waals surface area contributed by atoms with Gasteiger partial charge in [-0.05, 0) is 37.1 Å². The quantitative estimate of drug-likeness (QED) is 0.392. The second kappa shape index (κ2) is 13.7. The van der Waals surface area contributed by atoms with E-state index >= 15 is 0 Å². The Balaban J connectivity index is 1.19. The van der Waals surface area contributed by atoms with Gasteiger partial charge in [-0.2, -0.15) is 14.9 Å². The second-order valence-corrected chi connectivity index (χ2v) is 10.3. The van der Waals surface area contributed by atoms with Crippen LogP contribution in [0, 0.1) is 11.3 Å². The number of nitrogen functional groups attached to an aromatic ring is 1. The third-order valence-electron chi connectivity index (χ3n) is 7.35. The summed E-state index contributed by atoms with van der Waals surface area (Å²) in [5.74, 6) is 1.51. The lowest BCUT2D eigenvalue weighted by atomic mass is 10.2. The van der Waals surface area contributed by atoms with E-state index in [0.717, 1.165) is 37.3 Å². The monoisotopic (exact) mass is 588 g/mol. The largest absolute Gasteiger partial charge is 0.449 e. The van der Waals surface area contributed by atoms with Gasteiger partial charge in [-0.15, -0.1) is 5.10 Å². The molecular formula is C28H36N12O3. The average molecular weight is 589 g/mol. The van der Waals surface area contributed by atoms with E-state index in [1.807, 2.05) is 37.3 Å². The van der Waals surface area contributed by atoms with E-state index in [0.29, 0.717) is 63.5 Å². The molecule has 2 aliphatic heterocycles. The Hall–Kier alpha value is -5.13. The van der Waals surface area contributed by atoms with Crippen LogP contribution in [-0.2, 0) is 9.53 Å². The van der Waals surface area contributed by atoms with Crippen molar-refractivity contribution < 1.29 is 14.3 Å². The number of aromatic nitrogens is 5. The second-order valence-electron chi connectivity index (χ2n) is 10.3. The van der Waals surface area contributed by atoms with Gasteiger partial charge in [0.05, 0.1) is 12.7 Å². The number of hydrogen-bond acceptors (Lipinski definition) is 12. The molecular weight excluding hydrogens is 552 g/mol. The number of nitrogens with two attached hydrogens (primary N) is 1. The molecule has 15 heteroatoms. The molecule has 0 radical (unpaired) electrons. The van der Waals surface area contributed by atoms with Crippen LogP contribution in [0.5, 0.6) is 0 Å². The van der Waals surface area contributed by atoms with Crippen molar-refractivity contribution in [2.45, 2.75) is 26.2 Å². The highest BCUT2D eigenvalue weighted by Crippen LogP contribution is 2.23. The van der Waals surface area contributed by atoms with Gasteiger partial charge in [0, 0.05) is 69.8 Å². The van der Waals surface area contributed by atoms with Crippen LogP contribution in [-0.4, -0.2) is 105 Å². The molecule has 5 rings (SSSR count). The Labute approximate surface area is 249 Å². The number of benzene rings is 1. The minimum Gasteiger partial charge on any atom is -0.449 e. The molecule has 1 aromatic carbocycles. The first kappa shape index (κ1) is 29.4. The molecule has 0 spiro atoms. The van der Waals surface area contributed by atoms with Gasteiger partial charge in [0.1, 0.15) is 18.6 Å². The van der Waals surface area contributed by atoms with E-state index in [1.54, 1.807) is 15.9 Å². The first-order valence-electron chi connectivity index (χ1n) is 14.4. The third-order valence-corrected chi connectivity index (χ3v) is 7.35. The molecule has 2 amide bonds. The molecule has 0 saturated carbocycles. The number of hydrogen-bond donors (Lipinski definition) is 2. The predicted octanol–water partition coefficient (Wildman–Crippen LogP) is 2.00. The summed E-state index contributed by atoms with van der Waals surface area (Å²) in [5.41, 5.74) is 8.06. The summed E-state index contributed by atoms with van der Waals surface area (Å²) >= 11 is 0.